The second-order valence-electron chi connectivity index (χ2n) is 6.55. The normalized spacial score (nSPS) is 23.6. The largest absolute Gasteiger partial charge is 0.313 e. The zero-order valence-electron chi connectivity index (χ0n) is 13.3. The maximum Gasteiger partial charge on any atom is 0.0331 e. The molecule has 0 aliphatic heterocycles. The van der Waals surface area contributed by atoms with Crippen LogP contribution in [0.15, 0.2) is 17.5 Å². The predicted molar refractivity (Wildman–Crippen MR) is 89.3 cm³/mol. The van der Waals surface area contributed by atoms with Gasteiger partial charge in [-0.15, -0.1) is 11.3 Å². The standard InChI is InChI=1S/C17H30N2S/c1-14(2)19(13-17-5-4-12-20-17)11-10-18-16-8-6-15(3)7-9-16/h4-5,12,14-16,18H,6-11,13H2,1-3H3. The van der Waals surface area contributed by atoms with E-state index < -0.39 is 0 Å². The molecule has 0 radical (unpaired) electrons. The topological polar surface area (TPSA) is 15.3 Å². The number of rotatable bonds is 7. The summed E-state index contributed by atoms with van der Waals surface area (Å²) in [5, 5.41) is 5.94. The molecule has 114 valence electrons. The molecule has 2 rings (SSSR count). The van der Waals surface area contributed by atoms with E-state index in [4.69, 9.17) is 0 Å². The van der Waals surface area contributed by atoms with Crippen molar-refractivity contribution in [1.82, 2.24) is 10.2 Å². The highest BCUT2D eigenvalue weighted by Crippen LogP contribution is 2.23. The lowest BCUT2D eigenvalue weighted by atomic mass is 9.87. The molecule has 1 aromatic rings. The maximum atomic E-state index is 3.77. The third-order valence-corrected chi connectivity index (χ3v) is 5.38. The molecule has 1 aliphatic carbocycles. The minimum atomic E-state index is 0.616. The Hall–Kier alpha value is -0.380. The monoisotopic (exact) mass is 294 g/mol. The van der Waals surface area contributed by atoms with Gasteiger partial charge in [0.25, 0.3) is 0 Å². The van der Waals surface area contributed by atoms with Crippen molar-refractivity contribution >= 4 is 11.3 Å². The van der Waals surface area contributed by atoms with Crippen LogP contribution in [0.4, 0.5) is 0 Å². The molecule has 3 heteroatoms. The lowest BCUT2D eigenvalue weighted by Gasteiger charge is -2.30. The Balaban J connectivity index is 1.69. The van der Waals surface area contributed by atoms with Gasteiger partial charge >= 0.3 is 0 Å². The van der Waals surface area contributed by atoms with Gasteiger partial charge < -0.3 is 5.32 Å². The molecule has 1 aliphatic rings. The van der Waals surface area contributed by atoms with Gasteiger partial charge in [0, 0.05) is 36.6 Å². The van der Waals surface area contributed by atoms with E-state index >= 15 is 0 Å². The number of thiophene rings is 1. The molecular weight excluding hydrogens is 264 g/mol. The summed E-state index contributed by atoms with van der Waals surface area (Å²) in [4.78, 5) is 4.05. The molecule has 1 heterocycles. The van der Waals surface area contributed by atoms with Crippen molar-refractivity contribution in [1.29, 1.82) is 0 Å². The van der Waals surface area contributed by atoms with Crippen LogP contribution in [0.1, 0.15) is 51.3 Å². The Kier molecular flexibility index (Phi) is 6.53. The van der Waals surface area contributed by atoms with Gasteiger partial charge in [-0.25, -0.2) is 0 Å². The van der Waals surface area contributed by atoms with E-state index in [9.17, 15) is 0 Å². The third kappa shape index (κ3) is 5.19. The first-order valence-electron chi connectivity index (χ1n) is 8.15. The molecule has 0 saturated heterocycles. The highest BCUT2D eigenvalue weighted by Gasteiger charge is 2.18. The summed E-state index contributed by atoms with van der Waals surface area (Å²) in [6.07, 6.45) is 5.54. The third-order valence-electron chi connectivity index (χ3n) is 4.52. The van der Waals surface area contributed by atoms with Crippen molar-refractivity contribution in [3.63, 3.8) is 0 Å². The number of nitrogens with one attached hydrogen (secondary N) is 1. The predicted octanol–water partition coefficient (Wildman–Crippen LogP) is 4.13. The van der Waals surface area contributed by atoms with Crippen LogP contribution in [0.25, 0.3) is 0 Å². The summed E-state index contributed by atoms with van der Waals surface area (Å²) in [5.74, 6) is 0.944. The Morgan fingerprint density at radius 2 is 2.05 bits per heavy atom. The van der Waals surface area contributed by atoms with Gasteiger partial charge in [0.15, 0.2) is 0 Å². The van der Waals surface area contributed by atoms with Crippen LogP contribution in [0.3, 0.4) is 0 Å². The molecule has 2 nitrogen and oxygen atoms in total. The summed E-state index contributed by atoms with van der Waals surface area (Å²) in [6.45, 7) is 10.4. The molecule has 0 unspecified atom stereocenters. The smallest absolute Gasteiger partial charge is 0.0331 e. The van der Waals surface area contributed by atoms with E-state index in [1.54, 1.807) is 0 Å². The van der Waals surface area contributed by atoms with E-state index in [1.165, 1.54) is 30.6 Å². The fourth-order valence-corrected chi connectivity index (χ4v) is 3.73. The van der Waals surface area contributed by atoms with Crippen LogP contribution in [-0.2, 0) is 6.54 Å². The van der Waals surface area contributed by atoms with Crippen LogP contribution in [-0.4, -0.2) is 30.1 Å². The van der Waals surface area contributed by atoms with E-state index in [0.717, 1.165) is 31.6 Å². The minimum absolute atomic E-state index is 0.616. The summed E-state index contributed by atoms with van der Waals surface area (Å²) in [5.41, 5.74) is 0. The molecule has 20 heavy (non-hydrogen) atoms. The fraction of sp³-hybridized carbons (Fsp3) is 0.765. The molecule has 1 N–H and O–H groups in total. The Bertz CT molecular complexity index is 353. The molecule has 1 aromatic heterocycles. The molecule has 0 atom stereocenters. The van der Waals surface area contributed by atoms with Crippen molar-refractivity contribution in [2.75, 3.05) is 13.1 Å². The Morgan fingerprint density at radius 1 is 1.30 bits per heavy atom. The van der Waals surface area contributed by atoms with E-state index in [0.29, 0.717) is 6.04 Å². The number of nitrogens with zero attached hydrogens (tertiary/aromatic N) is 1. The van der Waals surface area contributed by atoms with Gasteiger partial charge in [0.05, 0.1) is 0 Å². The van der Waals surface area contributed by atoms with Crippen molar-refractivity contribution in [3.8, 4) is 0 Å². The molecule has 0 aromatic carbocycles. The van der Waals surface area contributed by atoms with Gasteiger partial charge in [0.2, 0.25) is 0 Å². The number of hydrogen-bond acceptors (Lipinski definition) is 3. The van der Waals surface area contributed by atoms with Gasteiger partial charge in [-0.1, -0.05) is 13.0 Å². The second kappa shape index (κ2) is 8.16. The fourth-order valence-electron chi connectivity index (χ4n) is 3.00. The first-order valence-corrected chi connectivity index (χ1v) is 9.03. The first-order chi connectivity index (χ1) is 9.65. The highest BCUT2D eigenvalue weighted by atomic mass is 32.1. The molecule has 0 amide bonds. The molecular formula is C17H30N2S. The average Bonchev–Trinajstić information content (AvgIpc) is 2.92. The van der Waals surface area contributed by atoms with Crippen molar-refractivity contribution < 1.29 is 0 Å². The van der Waals surface area contributed by atoms with Crippen LogP contribution in [0, 0.1) is 5.92 Å². The van der Waals surface area contributed by atoms with Gasteiger partial charge in [-0.3, -0.25) is 4.90 Å². The maximum absolute atomic E-state index is 3.77. The van der Waals surface area contributed by atoms with Gasteiger partial charge in [-0.2, -0.15) is 0 Å². The lowest BCUT2D eigenvalue weighted by molar-refractivity contribution is 0.206. The lowest BCUT2D eigenvalue weighted by Crippen LogP contribution is -2.40. The van der Waals surface area contributed by atoms with Crippen LogP contribution < -0.4 is 5.32 Å². The van der Waals surface area contributed by atoms with Crippen molar-refractivity contribution in [2.24, 2.45) is 5.92 Å². The highest BCUT2D eigenvalue weighted by molar-refractivity contribution is 7.09. The second-order valence-corrected chi connectivity index (χ2v) is 7.59. The van der Waals surface area contributed by atoms with Crippen molar-refractivity contribution in [3.05, 3.63) is 22.4 Å². The van der Waals surface area contributed by atoms with Crippen LogP contribution in [0.5, 0.6) is 0 Å². The van der Waals surface area contributed by atoms with Crippen molar-refractivity contribution in [2.45, 2.75) is 65.1 Å². The van der Waals surface area contributed by atoms with Crippen LogP contribution in [0.2, 0.25) is 0 Å². The van der Waals surface area contributed by atoms with Gasteiger partial charge in [0.1, 0.15) is 0 Å². The van der Waals surface area contributed by atoms with E-state index in [2.05, 4.69) is 48.5 Å². The quantitative estimate of drug-likeness (QED) is 0.813. The van der Waals surface area contributed by atoms with Crippen LogP contribution >= 0.6 is 11.3 Å². The molecule has 0 spiro atoms. The minimum Gasteiger partial charge on any atom is -0.313 e. The van der Waals surface area contributed by atoms with Gasteiger partial charge in [-0.05, 0) is 56.9 Å². The molecule has 1 fully saturated rings. The first kappa shape index (κ1) is 16.0. The Labute approximate surface area is 128 Å². The summed E-state index contributed by atoms with van der Waals surface area (Å²) < 4.78 is 0. The molecule has 0 bridgehead atoms. The molecule has 1 saturated carbocycles. The summed E-state index contributed by atoms with van der Waals surface area (Å²) >= 11 is 1.87. The summed E-state index contributed by atoms with van der Waals surface area (Å²) in [7, 11) is 0. The van der Waals surface area contributed by atoms with E-state index in [1.807, 2.05) is 11.3 Å². The number of hydrogen-bond donors (Lipinski definition) is 1. The Morgan fingerprint density at radius 3 is 2.65 bits per heavy atom. The zero-order chi connectivity index (χ0) is 14.4. The van der Waals surface area contributed by atoms with E-state index in [-0.39, 0.29) is 0 Å². The SMILES string of the molecule is CC1CCC(NCCN(Cc2cccs2)C(C)C)CC1. The zero-order valence-corrected chi connectivity index (χ0v) is 14.1. The summed E-state index contributed by atoms with van der Waals surface area (Å²) in [6, 6.07) is 5.78. The average molecular weight is 295 g/mol.